The quantitative estimate of drug-likeness (QED) is 0.902. The minimum absolute atomic E-state index is 0.151. The lowest BCUT2D eigenvalue weighted by atomic mass is 10.3. The predicted octanol–water partition coefficient (Wildman–Crippen LogP) is 3.14. The topological polar surface area (TPSA) is 61.4 Å². The minimum atomic E-state index is -0.151. The van der Waals surface area contributed by atoms with Gasteiger partial charge in [0.1, 0.15) is 5.82 Å². The number of amides is 2. The molecule has 8 heteroatoms. The van der Waals surface area contributed by atoms with Gasteiger partial charge < -0.3 is 15.1 Å². The van der Waals surface area contributed by atoms with E-state index in [1.54, 1.807) is 41.7 Å². The van der Waals surface area contributed by atoms with Gasteiger partial charge in [-0.1, -0.05) is 23.2 Å². The van der Waals surface area contributed by atoms with Crippen LogP contribution in [0.25, 0.3) is 0 Å². The van der Waals surface area contributed by atoms with Crippen LogP contribution in [0.2, 0.25) is 10.0 Å². The van der Waals surface area contributed by atoms with Crippen LogP contribution in [-0.2, 0) is 0 Å². The molecule has 6 nitrogen and oxygen atoms in total. The number of nitrogens with one attached hydrogen (secondary N) is 1. The zero-order chi connectivity index (χ0) is 16.2. The molecule has 2 heterocycles. The van der Waals surface area contributed by atoms with Crippen molar-refractivity contribution in [3.05, 3.63) is 46.8 Å². The summed E-state index contributed by atoms with van der Waals surface area (Å²) in [5.41, 5.74) is 0.626. The second kappa shape index (κ2) is 7.02. The highest BCUT2D eigenvalue weighted by molar-refractivity contribution is 6.42. The van der Waals surface area contributed by atoms with Crippen LogP contribution in [0, 0.1) is 0 Å². The Morgan fingerprint density at radius 2 is 1.87 bits per heavy atom. The second-order valence-corrected chi connectivity index (χ2v) is 5.91. The number of urea groups is 1. The number of carbonyl (C=O) groups is 1. The first-order chi connectivity index (χ1) is 11.1. The van der Waals surface area contributed by atoms with Crippen LogP contribution in [0.3, 0.4) is 0 Å². The molecular formula is C15H15Cl2N5O. The summed E-state index contributed by atoms with van der Waals surface area (Å²) >= 11 is 11.8. The number of hydrogen-bond donors (Lipinski definition) is 1. The summed E-state index contributed by atoms with van der Waals surface area (Å²) in [6, 6.07) is 4.87. The summed E-state index contributed by atoms with van der Waals surface area (Å²) < 4.78 is 0. The van der Waals surface area contributed by atoms with Gasteiger partial charge in [0.25, 0.3) is 0 Å². The fourth-order valence-corrected chi connectivity index (χ4v) is 2.67. The first-order valence-electron chi connectivity index (χ1n) is 7.15. The van der Waals surface area contributed by atoms with E-state index in [0.717, 1.165) is 5.82 Å². The number of halogens is 2. The number of carbonyl (C=O) groups excluding carboxylic acids is 1. The summed E-state index contributed by atoms with van der Waals surface area (Å²) in [5.74, 6) is 0.831. The number of aromatic nitrogens is 2. The summed E-state index contributed by atoms with van der Waals surface area (Å²) in [5, 5.41) is 3.71. The van der Waals surface area contributed by atoms with Crippen molar-refractivity contribution in [1.82, 2.24) is 14.9 Å². The lowest BCUT2D eigenvalue weighted by Gasteiger charge is -2.35. The second-order valence-electron chi connectivity index (χ2n) is 5.10. The molecule has 0 spiro atoms. The smallest absolute Gasteiger partial charge is 0.321 e. The van der Waals surface area contributed by atoms with Crippen LogP contribution in [0.4, 0.5) is 16.3 Å². The lowest BCUT2D eigenvalue weighted by Crippen LogP contribution is -2.50. The Balaban J connectivity index is 1.57. The molecule has 2 amide bonds. The average molecular weight is 352 g/mol. The molecule has 0 atom stereocenters. The average Bonchev–Trinajstić information content (AvgIpc) is 2.59. The zero-order valence-corrected chi connectivity index (χ0v) is 13.8. The molecule has 1 aromatic heterocycles. The summed E-state index contributed by atoms with van der Waals surface area (Å²) in [6.45, 7) is 2.66. The standard InChI is InChI=1S/C15H15Cl2N5O/c16-12-2-1-11(9-13(12)17)20-15(23)22-7-5-21(6-8-22)14-10-18-3-4-19-14/h1-4,9-10H,5-8H2,(H,20,23). The number of hydrogen-bond acceptors (Lipinski definition) is 4. The molecule has 1 aliphatic heterocycles. The fraction of sp³-hybridized carbons (Fsp3) is 0.267. The van der Waals surface area contributed by atoms with E-state index in [-0.39, 0.29) is 6.03 Å². The van der Waals surface area contributed by atoms with Crippen LogP contribution >= 0.6 is 23.2 Å². The number of nitrogens with zero attached hydrogens (tertiary/aromatic N) is 4. The molecule has 1 aliphatic rings. The number of rotatable bonds is 2. The Morgan fingerprint density at radius 1 is 1.09 bits per heavy atom. The van der Waals surface area contributed by atoms with Gasteiger partial charge in [-0.2, -0.15) is 0 Å². The molecular weight excluding hydrogens is 337 g/mol. The first-order valence-corrected chi connectivity index (χ1v) is 7.91. The Hall–Kier alpha value is -2.05. The van der Waals surface area contributed by atoms with Gasteiger partial charge in [0, 0.05) is 44.3 Å². The van der Waals surface area contributed by atoms with E-state index in [1.165, 1.54) is 0 Å². The van der Waals surface area contributed by atoms with Crippen LogP contribution in [0.15, 0.2) is 36.8 Å². The summed E-state index contributed by atoms with van der Waals surface area (Å²) in [7, 11) is 0. The van der Waals surface area contributed by atoms with E-state index in [0.29, 0.717) is 41.9 Å². The van der Waals surface area contributed by atoms with E-state index in [2.05, 4.69) is 20.2 Å². The van der Waals surface area contributed by atoms with Crippen molar-refractivity contribution in [2.75, 3.05) is 36.4 Å². The van der Waals surface area contributed by atoms with Gasteiger partial charge in [-0.25, -0.2) is 9.78 Å². The van der Waals surface area contributed by atoms with Gasteiger partial charge in [-0.15, -0.1) is 0 Å². The van der Waals surface area contributed by atoms with Gasteiger partial charge in [0.2, 0.25) is 0 Å². The zero-order valence-electron chi connectivity index (χ0n) is 12.2. The summed E-state index contributed by atoms with van der Waals surface area (Å²) in [6.07, 6.45) is 5.04. The number of benzene rings is 1. The van der Waals surface area contributed by atoms with Gasteiger partial charge in [0.05, 0.1) is 16.2 Å². The third-order valence-corrected chi connectivity index (χ3v) is 4.35. The highest BCUT2D eigenvalue weighted by atomic mass is 35.5. The highest BCUT2D eigenvalue weighted by Crippen LogP contribution is 2.25. The molecule has 0 radical (unpaired) electrons. The van der Waals surface area contributed by atoms with Crippen molar-refractivity contribution < 1.29 is 4.79 Å². The number of piperazine rings is 1. The maximum Gasteiger partial charge on any atom is 0.321 e. The molecule has 1 saturated heterocycles. The lowest BCUT2D eigenvalue weighted by molar-refractivity contribution is 0.208. The van der Waals surface area contributed by atoms with Crippen molar-refractivity contribution in [1.29, 1.82) is 0 Å². The van der Waals surface area contributed by atoms with E-state index in [9.17, 15) is 4.79 Å². The SMILES string of the molecule is O=C(Nc1ccc(Cl)c(Cl)c1)N1CCN(c2cnccn2)CC1. The van der Waals surface area contributed by atoms with Crippen molar-refractivity contribution in [2.24, 2.45) is 0 Å². The molecule has 3 rings (SSSR count). The Labute approximate surface area is 144 Å². The molecule has 0 aliphatic carbocycles. The number of anilines is 2. The molecule has 1 aromatic carbocycles. The molecule has 2 aromatic rings. The van der Waals surface area contributed by atoms with Gasteiger partial charge >= 0.3 is 6.03 Å². The monoisotopic (exact) mass is 351 g/mol. The third-order valence-electron chi connectivity index (χ3n) is 3.61. The van der Waals surface area contributed by atoms with E-state index < -0.39 is 0 Å². The largest absolute Gasteiger partial charge is 0.352 e. The fourth-order valence-electron chi connectivity index (χ4n) is 2.37. The van der Waals surface area contributed by atoms with E-state index in [1.807, 2.05) is 0 Å². The molecule has 120 valence electrons. The van der Waals surface area contributed by atoms with Crippen LogP contribution in [0.5, 0.6) is 0 Å². The van der Waals surface area contributed by atoms with Crippen molar-refractivity contribution in [3.8, 4) is 0 Å². The van der Waals surface area contributed by atoms with Crippen molar-refractivity contribution in [3.63, 3.8) is 0 Å². The predicted molar refractivity (Wildman–Crippen MR) is 91.3 cm³/mol. The maximum atomic E-state index is 12.3. The third kappa shape index (κ3) is 3.83. The summed E-state index contributed by atoms with van der Waals surface area (Å²) in [4.78, 5) is 24.5. The van der Waals surface area contributed by atoms with E-state index >= 15 is 0 Å². The van der Waals surface area contributed by atoms with Crippen LogP contribution < -0.4 is 10.2 Å². The Bertz CT molecular complexity index is 690. The molecule has 1 N–H and O–H groups in total. The molecule has 23 heavy (non-hydrogen) atoms. The van der Waals surface area contributed by atoms with Crippen molar-refractivity contribution >= 4 is 40.7 Å². The maximum absolute atomic E-state index is 12.3. The van der Waals surface area contributed by atoms with Gasteiger partial charge in [0.15, 0.2) is 0 Å². The van der Waals surface area contributed by atoms with Crippen LogP contribution in [-0.4, -0.2) is 47.1 Å². The normalized spacial score (nSPS) is 14.7. The molecule has 0 unspecified atom stereocenters. The Kier molecular flexibility index (Phi) is 4.83. The van der Waals surface area contributed by atoms with Crippen LogP contribution in [0.1, 0.15) is 0 Å². The first kappa shape index (κ1) is 15.8. The highest BCUT2D eigenvalue weighted by Gasteiger charge is 2.22. The Morgan fingerprint density at radius 3 is 2.52 bits per heavy atom. The minimum Gasteiger partial charge on any atom is -0.352 e. The van der Waals surface area contributed by atoms with E-state index in [4.69, 9.17) is 23.2 Å². The molecule has 0 bridgehead atoms. The van der Waals surface area contributed by atoms with Gasteiger partial charge in [-0.3, -0.25) is 4.98 Å². The molecule has 0 saturated carbocycles. The molecule has 1 fully saturated rings. The van der Waals surface area contributed by atoms with Gasteiger partial charge in [-0.05, 0) is 18.2 Å². The van der Waals surface area contributed by atoms with Crippen molar-refractivity contribution in [2.45, 2.75) is 0 Å².